The van der Waals surface area contributed by atoms with E-state index in [9.17, 15) is 9.59 Å². The number of ether oxygens (including phenoxy) is 2. The molecule has 2 bridgehead atoms. The Morgan fingerprint density at radius 1 is 1.38 bits per heavy atom. The van der Waals surface area contributed by atoms with Crippen LogP contribution in [-0.4, -0.2) is 25.2 Å². The fourth-order valence-electron chi connectivity index (χ4n) is 3.77. The van der Waals surface area contributed by atoms with E-state index in [1.165, 1.54) is 0 Å². The summed E-state index contributed by atoms with van der Waals surface area (Å²) in [5.74, 6) is -0.270. The van der Waals surface area contributed by atoms with E-state index in [2.05, 4.69) is 13.8 Å². The van der Waals surface area contributed by atoms with Gasteiger partial charge < -0.3 is 9.47 Å². The van der Waals surface area contributed by atoms with Crippen LogP contribution in [0, 0.1) is 22.2 Å². The minimum absolute atomic E-state index is 0.0261. The van der Waals surface area contributed by atoms with E-state index in [1.807, 2.05) is 20.8 Å². The monoisotopic (exact) mass is 296 g/mol. The van der Waals surface area contributed by atoms with Gasteiger partial charge in [0.15, 0.2) is 0 Å². The number of esters is 2. The largest absolute Gasteiger partial charge is 0.465 e. The summed E-state index contributed by atoms with van der Waals surface area (Å²) in [7, 11) is 0. The van der Waals surface area contributed by atoms with Crippen LogP contribution < -0.4 is 0 Å². The van der Waals surface area contributed by atoms with Gasteiger partial charge in [-0.25, -0.2) is 0 Å². The molecular weight excluding hydrogens is 268 g/mol. The lowest BCUT2D eigenvalue weighted by Crippen LogP contribution is -2.49. The summed E-state index contributed by atoms with van der Waals surface area (Å²) in [4.78, 5) is 24.0. The summed E-state index contributed by atoms with van der Waals surface area (Å²) >= 11 is 0. The SMILES string of the molecule is CCC(C)(C)C(=O)OCC1(C)CC2CC(C)(COC2=O)C1. The minimum Gasteiger partial charge on any atom is -0.465 e. The molecule has 0 aromatic heterocycles. The van der Waals surface area contributed by atoms with Gasteiger partial charge in [0.25, 0.3) is 0 Å². The molecule has 0 radical (unpaired) electrons. The molecule has 1 aliphatic heterocycles. The number of cyclic esters (lactones) is 1. The predicted molar refractivity (Wildman–Crippen MR) is 79.5 cm³/mol. The second kappa shape index (κ2) is 5.29. The van der Waals surface area contributed by atoms with Crippen LogP contribution in [0.15, 0.2) is 0 Å². The Bertz CT molecular complexity index is 442. The van der Waals surface area contributed by atoms with Crippen molar-refractivity contribution in [3.63, 3.8) is 0 Å². The van der Waals surface area contributed by atoms with Gasteiger partial charge in [-0.05, 0) is 39.5 Å². The Labute approximate surface area is 127 Å². The summed E-state index contributed by atoms with van der Waals surface area (Å²) in [5.41, 5.74) is -0.543. The first-order valence-electron chi connectivity index (χ1n) is 7.93. The molecule has 3 unspecified atom stereocenters. The highest BCUT2D eigenvalue weighted by Gasteiger charge is 2.50. The number of hydrogen-bond acceptors (Lipinski definition) is 4. The second-order valence-electron chi connectivity index (χ2n) is 8.32. The van der Waals surface area contributed by atoms with Crippen molar-refractivity contribution in [2.24, 2.45) is 22.2 Å². The first-order chi connectivity index (χ1) is 9.59. The fraction of sp³-hybridized carbons (Fsp3) is 0.882. The summed E-state index contributed by atoms with van der Waals surface area (Å²) in [5, 5.41) is 0. The Morgan fingerprint density at radius 2 is 2.05 bits per heavy atom. The van der Waals surface area contributed by atoms with E-state index in [0.29, 0.717) is 13.2 Å². The van der Waals surface area contributed by atoms with Crippen molar-refractivity contribution in [1.82, 2.24) is 0 Å². The molecule has 2 fully saturated rings. The number of hydrogen-bond donors (Lipinski definition) is 0. The van der Waals surface area contributed by atoms with Crippen molar-refractivity contribution in [3.05, 3.63) is 0 Å². The second-order valence-corrected chi connectivity index (χ2v) is 8.32. The predicted octanol–water partition coefficient (Wildman–Crippen LogP) is 3.34. The maximum Gasteiger partial charge on any atom is 0.311 e. The van der Waals surface area contributed by atoms with Crippen LogP contribution in [0.25, 0.3) is 0 Å². The Kier molecular flexibility index (Phi) is 4.11. The van der Waals surface area contributed by atoms with E-state index >= 15 is 0 Å². The molecule has 0 N–H and O–H groups in total. The van der Waals surface area contributed by atoms with Crippen molar-refractivity contribution < 1.29 is 19.1 Å². The molecule has 21 heavy (non-hydrogen) atoms. The van der Waals surface area contributed by atoms with Gasteiger partial charge in [0.2, 0.25) is 0 Å². The lowest BCUT2D eigenvalue weighted by Gasteiger charge is -2.49. The quantitative estimate of drug-likeness (QED) is 0.747. The zero-order valence-corrected chi connectivity index (χ0v) is 14.0. The molecule has 1 saturated heterocycles. The standard InChI is InChI=1S/C17H28O4/c1-6-15(2,3)14(19)21-11-17(5)8-12-7-16(4,9-17)10-20-13(12)18/h12H,6-11H2,1-5H3. The molecule has 0 spiro atoms. The lowest BCUT2D eigenvalue weighted by atomic mass is 9.59. The Hall–Kier alpha value is -1.06. The molecule has 0 amide bonds. The van der Waals surface area contributed by atoms with Gasteiger partial charge in [0, 0.05) is 10.8 Å². The first kappa shape index (κ1) is 16.3. The van der Waals surface area contributed by atoms with Gasteiger partial charge in [0.1, 0.15) is 0 Å². The summed E-state index contributed by atoms with van der Waals surface area (Å²) in [6.07, 6.45) is 3.34. The number of fused-ring (bicyclic) bond motifs is 2. The van der Waals surface area contributed by atoms with Crippen LogP contribution in [-0.2, 0) is 19.1 Å². The van der Waals surface area contributed by atoms with Gasteiger partial charge in [-0.1, -0.05) is 20.8 Å². The number of carbonyl (C=O) groups is 2. The highest BCUT2D eigenvalue weighted by Crippen LogP contribution is 2.51. The van der Waals surface area contributed by atoms with Gasteiger partial charge in [-0.3, -0.25) is 9.59 Å². The lowest BCUT2D eigenvalue weighted by molar-refractivity contribution is -0.178. The third-order valence-corrected chi connectivity index (χ3v) is 5.22. The van der Waals surface area contributed by atoms with Crippen LogP contribution in [0.1, 0.15) is 60.3 Å². The Balaban J connectivity index is 2.02. The molecule has 4 heteroatoms. The van der Waals surface area contributed by atoms with Gasteiger partial charge in [-0.2, -0.15) is 0 Å². The third kappa shape index (κ3) is 3.41. The van der Waals surface area contributed by atoms with Crippen LogP contribution in [0.4, 0.5) is 0 Å². The molecular formula is C17H28O4. The molecule has 1 saturated carbocycles. The molecule has 0 aromatic rings. The molecule has 1 heterocycles. The maximum absolute atomic E-state index is 12.2. The van der Waals surface area contributed by atoms with Crippen LogP contribution in [0.5, 0.6) is 0 Å². The minimum atomic E-state index is -0.441. The van der Waals surface area contributed by atoms with Gasteiger partial charge in [-0.15, -0.1) is 0 Å². The molecule has 2 aliphatic rings. The first-order valence-corrected chi connectivity index (χ1v) is 7.93. The van der Waals surface area contributed by atoms with E-state index < -0.39 is 5.41 Å². The summed E-state index contributed by atoms with van der Waals surface area (Å²) in [6, 6.07) is 0. The van der Waals surface area contributed by atoms with Crippen LogP contribution in [0.3, 0.4) is 0 Å². The molecule has 4 nitrogen and oxygen atoms in total. The molecule has 3 atom stereocenters. The third-order valence-electron chi connectivity index (χ3n) is 5.22. The van der Waals surface area contributed by atoms with Crippen molar-refractivity contribution in [2.75, 3.05) is 13.2 Å². The highest BCUT2D eigenvalue weighted by molar-refractivity contribution is 5.76. The normalized spacial score (nSPS) is 36.0. The number of carbonyl (C=O) groups excluding carboxylic acids is 2. The average molecular weight is 296 g/mol. The number of rotatable bonds is 4. The molecule has 120 valence electrons. The highest BCUT2D eigenvalue weighted by atomic mass is 16.5. The topological polar surface area (TPSA) is 52.6 Å². The fourth-order valence-corrected chi connectivity index (χ4v) is 3.77. The molecule has 2 rings (SSSR count). The maximum atomic E-state index is 12.2. The van der Waals surface area contributed by atoms with Crippen molar-refractivity contribution in [2.45, 2.75) is 60.3 Å². The van der Waals surface area contributed by atoms with Crippen molar-refractivity contribution in [3.8, 4) is 0 Å². The molecule has 1 aliphatic carbocycles. The van der Waals surface area contributed by atoms with Gasteiger partial charge in [0.05, 0.1) is 24.5 Å². The van der Waals surface area contributed by atoms with E-state index in [4.69, 9.17) is 9.47 Å². The smallest absolute Gasteiger partial charge is 0.311 e. The van der Waals surface area contributed by atoms with Crippen molar-refractivity contribution in [1.29, 1.82) is 0 Å². The Morgan fingerprint density at radius 3 is 2.67 bits per heavy atom. The van der Waals surface area contributed by atoms with Crippen LogP contribution in [0.2, 0.25) is 0 Å². The summed E-state index contributed by atoms with van der Waals surface area (Å²) in [6.45, 7) is 11.0. The van der Waals surface area contributed by atoms with Crippen molar-refractivity contribution >= 4 is 11.9 Å². The van der Waals surface area contributed by atoms with E-state index in [0.717, 1.165) is 25.7 Å². The zero-order valence-electron chi connectivity index (χ0n) is 14.0. The van der Waals surface area contributed by atoms with Gasteiger partial charge >= 0.3 is 11.9 Å². The summed E-state index contributed by atoms with van der Waals surface area (Å²) < 4.78 is 10.9. The van der Waals surface area contributed by atoms with E-state index in [-0.39, 0.29) is 28.7 Å². The molecule has 0 aromatic carbocycles. The van der Waals surface area contributed by atoms with E-state index in [1.54, 1.807) is 0 Å². The average Bonchev–Trinajstić information content (AvgIpc) is 2.40. The zero-order chi connectivity index (χ0) is 15.9. The van der Waals surface area contributed by atoms with Crippen LogP contribution >= 0.6 is 0 Å².